The quantitative estimate of drug-likeness (QED) is 0.534. The summed E-state index contributed by atoms with van der Waals surface area (Å²) in [5, 5.41) is 14.8. The number of ether oxygens (including phenoxy) is 1. The number of hydrogen-bond donors (Lipinski definition) is 3. The third kappa shape index (κ3) is 6.35. The van der Waals surface area contributed by atoms with Crippen LogP contribution in [0.15, 0.2) is 42.5 Å². The van der Waals surface area contributed by atoms with E-state index in [-0.39, 0.29) is 18.3 Å². The molecule has 1 aliphatic rings. The first-order valence-corrected chi connectivity index (χ1v) is 10.0. The maximum atomic E-state index is 13.3. The van der Waals surface area contributed by atoms with E-state index in [1.165, 1.54) is 12.1 Å². The van der Waals surface area contributed by atoms with Gasteiger partial charge in [0.05, 0.1) is 18.8 Å². The number of carbonyl (C=O) groups is 1. The highest BCUT2D eigenvalue weighted by atomic mass is 19.1. The van der Waals surface area contributed by atoms with Crippen molar-refractivity contribution in [2.45, 2.75) is 19.3 Å². The van der Waals surface area contributed by atoms with Crippen LogP contribution in [0, 0.1) is 5.82 Å². The number of nitrogens with one attached hydrogen (secondary N) is 2. The lowest BCUT2D eigenvalue weighted by Crippen LogP contribution is -2.34. The number of benzene rings is 2. The first-order valence-electron chi connectivity index (χ1n) is 10.0. The summed E-state index contributed by atoms with van der Waals surface area (Å²) in [5.41, 5.74) is 3.10. The van der Waals surface area contributed by atoms with Crippen LogP contribution >= 0.6 is 0 Å². The number of nitrogens with zero attached hydrogens (tertiary/aromatic N) is 1. The molecule has 3 N–H and O–H groups in total. The molecular formula is C22H28FN3O3. The third-order valence-corrected chi connectivity index (χ3v) is 4.84. The molecule has 1 amide bonds. The van der Waals surface area contributed by atoms with E-state index in [0.717, 1.165) is 43.0 Å². The topological polar surface area (TPSA) is 73.8 Å². The van der Waals surface area contributed by atoms with Crippen LogP contribution in [0.5, 0.6) is 5.75 Å². The molecule has 0 atom stereocenters. The Bertz CT molecular complexity index is 798. The van der Waals surface area contributed by atoms with Crippen LogP contribution in [0.1, 0.15) is 18.4 Å². The minimum absolute atomic E-state index is 0.0390. The lowest BCUT2D eigenvalue weighted by atomic mass is 10.1. The van der Waals surface area contributed by atoms with E-state index in [1.807, 2.05) is 24.3 Å². The van der Waals surface area contributed by atoms with E-state index in [9.17, 15) is 9.18 Å². The number of aliphatic hydroxyl groups is 1. The molecule has 2 aromatic rings. The second-order valence-electron chi connectivity index (χ2n) is 7.00. The van der Waals surface area contributed by atoms with Crippen LogP contribution in [0.3, 0.4) is 0 Å². The largest absolute Gasteiger partial charge is 0.489 e. The monoisotopic (exact) mass is 401 g/mol. The predicted molar refractivity (Wildman–Crippen MR) is 112 cm³/mol. The Morgan fingerprint density at radius 3 is 2.79 bits per heavy atom. The van der Waals surface area contributed by atoms with E-state index in [1.54, 1.807) is 6.07 Å². The Morgan fingerprint density at radius 2 is 2.00 bits per heavy atom. The van der Waals surface area contributed by atoms with Crippen molar-refractivity contribution in [2.24, 2.45) is 0 Å². The second-order valence-corrected chi connectivity index (χ2v) is 7.00. The number of rotatable bonds is 10. The lowest BCUT2D eigenvalue weighted by molar-refractivity contribution is -0.121. The van der Waals surface area contributed by atoms with Crippen LogP contribution in [-0.4, -0.2) is 50.4 Å². The first-order chi connectivity index (χ1) is 14.2. The summed E-state index contributed by atoms with van der Waals surface area (Å²) in [5.74, 6) is 0.292. The highest BCUT2D eigenvalue weighted by Gasteiger charge is 2.17. The zero-order valence-corrected chi connectivity index (χ0v) is 16.5. The van der Waals surface area contributed by atoms with Crippen LogP contribution < -0.4 is 20.3 Å². The van der Waals surface area contributed by atoms with Crippen LogP contribution in [0.25, 0.3) is 0 Å². The number of fused-ring (bicyclic) bond motifs is 1. The number of amides is 1. The standard InChI is InChI=1S/C22H28FN3O3/c23-18-5-8-20-21(16-18)29-15-13-26(20)12-1-10-24-19-6-2-17(3-7-19)4-9-22(28)25-11-14-27/h2-3,5-8,16,24,27H,1,4,9-15H2,(H,25,28). The van der Waals surface area contributed by atoms with Crippen LogP contribution in [0.4, 0.5) is 15.8 Å². The van der Waals surface area contributed by atoms with Crippen LogP contribution in [0.2, 0.25) is 0 Å². The van der Waals surface area contributed by atoms with Gasteiger partial charge in [0.1, 0.15) is 18.2 Å². The zero-order chi connectivity index (χ0) is 20.5. The molecule has 0 bridgehead atoms. The van der Waals surface area contributed by atoms with Crippen molar-refractivity contribution in [1.29, 1.82) is 0 Å². The summed E-state index contributed by atoms with van der Waals surface area (Å²) in [6.45, 7) is 3.34. The van der Waals surface area contributed by atoms with Crippen molar-refractivity contribution in [3.8, 4) is 5.75 Å². The van der Waals surface area contributed by atoms with E-state index in [0.29, 0.717) is 31.7 Å². The van der Waals surface area contributed by atoms with Gasteiger partial charge in [0.15, 0.2) is 0 Å². The van der Waals surface area contributed by atoms with Gasteiger partial charge in [0, 0.05) is 37.8 Å². The van der Waals surface area contributed by atoms with E-state index in [4.69, 9.17) is 9.84 Å². The number of hydrogen-bond acceptors (Lipinski definition) is 5. The molecule has 0 saturated heterocycles. The van der Waals surface area contributed by atoms with Crippen molar-refractivity contribution < 1.29 is 19.0 Å². The average molecular weight is 401 g/mol. The van der Waals surface area contributed by atoms with E-state index >= 15 is 0 Å². The molecule has 0 unspecified atom stereocenters. The molecule has 2 aromatic carbocycles. The maximum Gasteiger partial charge on any atom is 0.220 e. The summed E-state index contributed by atoms with van der Waals surface area (Å²) in [6, 6.07) is 12.8. The third-order valence-electron chi connectivity index (χ3n) is 4.84. The fourth-order valence-corrected chi connectivity index (χ4v) is 3.32. The van der Waals surface area contributed by atoms with Gasteiger partial charge in [-0.2, -0.15) is 0 Å². The van der Waals surface area contributed by atoms with Gasteiger partial charge in [-0.05, 0) is 42.7 Å². The highest BCUT2D eigenvalue weighted by molar-refractivity contribution is 5.76. The molecule has 156 valence electrons. The Labute approximate surface area is 170 Å². The summed E-state index contributed by atoms with van der Waals surface area (Å²) in [4.78, 5) is 13.8. The highest BCUT2D eigenvalue weighted by Crippen LogP contribution is 2.32. The van der Waals surface area contributed by atoms with Gasteiger partial charge >= 0.3 is 0 Å². The van der Waals surface area contributed by atoms with Crippen molar-refractivity contribution in [1.82, 2.24) is 5.32 Å². The first kappa shape index (κ1) is 20.9. The van der Waals surface area contributed by atoms with Gasteiger partial charge in [-0.15, -0.1) is 0 Å². The summed E-state index contributed by atoms with van der Waals surface area (Å²) in [7, 11) is 0. The van der Waals surface area contributed by atoms with Crippen LogP contribution in [-0.2, 0) is 11.2 Å². The molecule has 0 spiro atoms. The Morgan fingerprint density at radius 1 is 1.17 bits per heavy atom. The average Bonchev–Trinajstić information content (AvgIpc) is 2.74. The molecule has 29 heavy (non-hydrogen) atoms. The fourth-order valence-electron chi connectivity index (χ4n) is 3.32. The van der Waals surface area contributed by atoms with Gasteiger partial charge < -0.3 is 25.4 Å². The van der Waals surface area contributed by atoms with Gasteiger partial charge in [-0.1, -0.05) is 12.1 Å². The van der Waals surface area contributed by atoms with Crippen molar-refractivity contribution in [3.05, 3.63) is 53.8 Å². The summed E-state index contributed by atoms with van der Waals surface area (Å²) >= 11 is 0. The minimum atomic E-state index is -0.276. The molecule has 0 saturated carbocycles. The van der Waals surface area contributed by atoms with Crippen molar-refractivity contribution in [3.63, 3.8) is 0 Å². The van der Waals surface area contributed by atoms with Gasteiger partial charge in [-0.3, -0.25) is 4.79 Å². The molecule has 3 rings (SSSR count). The molecule has 0 aliphatic carbocycles. The normalized spacial score (nSPS) is 12.8. The van der Waals surface area contributed by atoms with E-state index < -0.39 is 0 Å². The molecule has 1 aliphatic heterocycles. The number of aliphatic hydroxyl groups excluding tert-OH is 1. The smallest absolute Gasteiger partial charge is 0.220 e. The molecule has 7 heteroatoms. The fraction of sp³-hybridized carbons (Fsp3) is 0.409. The predicted octanol–water partition coefficient (Wildman–Crippen LogP) is 2.57. The van der Waals surface area contributed by atoms with Gasteiger partial charge in [-0.25, -0.2) is 4.39 Å². The number of carbonyl (C=O) groups excluding carboxylic acids is 1. The SMILES string of the molecule is O=C(CCc1ccc(NCCCN2CCOc3cc(F)ccc32)cc1)NCCO. The van der Waals surface area contributed by atoms with Gasteiger partial charge in [0.25, 0.3) is 0 Å². The number of halogens is 1. The van der Waals surface area contributed by atoms with Crippen molar-refractivity contribution >= 4 is 17.3 Å². The molecular weight excluding hydrogens is 373 g/mol. The maximum absolute atomic E-state index is 13.3. The zero-order valence-electron chi connectivity index (χ0n) is 16.5. The molecule has 6 nitrogen and oxygen atoms in total. The van der Waals surface area contributed by atoms with E-state index in [2.05, 4.69) is 15.5 Å². The lowest BCUT2D eigenvalue weighted by Gasteiger charge is -2.31. The summed E-state index contributed by atoms with van der Waals surface area (Å²) < 4.78 is 18.9. The van der Waals surface area contributed by atoms with Gasteiger partial charge in [0.2, 0.25) is 5.91 Å². The summed E-state index contributed by atoms with van der Waals surface area (Å²) in [6.07, 6.45) is 2.04. The van der Waals surface area contributed by atoms with Crippen molar-refractivity contribution in [2.75, 3.05) is 49.6 Å². The number of aryl methyl sites for hydroxylation is 1. The molecule has 0 fully saturated rings. The molecule has 1 heterocycles. The Kier molecular flexibility index (Phi) is 7.69. The number of anilines is 2. The Hall–Kier alpha value is -2.80. The molecule has 0 aromatic heterocycles. The Balaban J connectivity index is 1.39. The molecule has 0 radical (unpaired) electrons. The second kappa shape index (κ2) is 10.7. The minimum Gasteiger partial charge on any atom is -0.489 e.